The minimum absolute atomic E-state index is 0.186. The molecule has 1 aromatic heterocycles. The summed E-state index contributed by atoms with van der Waals surface area (Å²) in [6, 6.07) is 15.4. The van der Waals surface area contributed by atoms with Crippen molar-refractivity contribution in [2.24, 2.45) is 0 Å². The molecule has 148 valence electrons. The third-order valence-electron chi connectivity index (χ3n) is 6.08. The van der Waals surface area contributed by atoms with E-state index in [4.69, 9.17) is 0 Å². The van der Waals surface area contributed by atoms with Gasteiger partial charge in [0.1, 0.15) is 11.8 Å². The van der Waals surface area contributed by atoms with E-state index in [1.165, 1.54) is 0 Å². The molecule has 3 aromatic rings. The SMILES string of the molecule is Cc1ccc2[nH]c(C(=O)N[C@@H]3Cc4ccccc4[C@H]3N3CC[C@H](O)C3=O)cc2c1. The molecule has 0 unspecified atom stereocenters. The number of rotatable bonds is 3. The van der Waals surface area contributed by atoms with E-state index in [9.17, 15) is 14.7 Å². The number of H-pyrrole nitrogens is 1. The Labute approximate surface area is 168 Å². The Morgan fingerprint density at radius 2 is 2.03 bits per heavy atom. The Hall–Kier alpha value is -3.12. The summed E-state index contributed by atoms with van der Waals surface area (Å²) in [5.74, 6) is -0.444. The van der Waals surface area contributed by atoms with Crippen LogP contribution in [-0.4, -0.2) is 45.5 Å². The Morgan fingerprint density at radius 3 is 2.83 bits per heavy atom. The average molecular weight is 389 g/mol. The molecule has 0 radical (unpaired) electrons. The minimum Gasteiger partial charge on any atom is -0.383 e. The first kappa shape index (κ1) is 17.9. The molecule has 1 saturated heterocycles. The van der Waals surface area contributed by atoms with Crippen LogP contribution in [0.3, 0.4) is 0 Å². The highest BCUT2D eigenvalue weighted by Crippen LogP contribution is 2.38. The molecule has 3 atom stereocenters. The van der Waals surface area contributed by atoms with Gasteiger partial charge in [-0.3, -0.25) is 9.59 Å². The van der Waals surface area contributed by atoms with E-state index in [1.54, 1.807) is 4.90 Å². The maximum Gasteiger partial charge on any atom is 0.268 e. The third-order valence-corrected chi connectivity index (χ3v) is 6.08. The van der Waals surface area contributed by atoms with Crippen LogP contribution in [-0.2, 0) is 11.2 Å². The molecule has 2 aromatic carbocycles. The van der Waals surface area contributed by atoms with Crippen LogP contribution >= 0.6 is 0 Å². The summed E-state index contributed by atoms with van der Waals surface area (Å²) in [5, 5.41) is 14.1. The van der Waals surface area contributed by atoms with E-state index >= 15 is 0 Å². The van der Waals surface area contributed by atoms with Gasteiger partial charge in [0.2, 0.25) is 0 Å². The van der Waals surface area contributed by atoms with Gasteiger partial charge in [-0.05, 0) is 49.1 Å². The topological polar surface area (TPSA) is 85.4 Å². The van der Waals surface area contributed by atoms with Gasteiger partial charge < -0.3 is 20.3 Å². The number of nitrogens with zero attached hydrogens (tertiary/aromatic N) is 1. The molecule has 6 nitrogen and oxygen atoms in total. The van der Waals surface area contributed by atoms with Gasteiger partial charge in [-0.2, -0.15) is 0 Å². The lowest BCUT2D eigenvalue weighted by Crippen LogP contribution is -2.45. The lowest BCUT2D eigenvalue weighted by molar-refractivity contribution is -0.136. The van der Waals surface area contributed by atoms with Gasteiger partial charge in [0.25, 0.3) is 11.8 Å². The monoisotopic (exact) mass is 389 g/mol. The number of aromatic amines is 1. The van der Waals surface area contributed by atoms with Gasteiger partial charge in [0, 0.05) is 17.4 Å². The van der Waals surface area contributed by atoms with Crippen LogP contribution in [0.2, 0.25) is 0 Å². The van der Waals surface area contributed by atoms with Crippen LogP contribution in [0.4, 0.5) is 0 Å². The third kappa shape index (κ3) is 3.00. The predicted molar refractivity (Wildman–Crippen MR) is 110 cm³/mol. The first-order valence-electron chi connectivity index (χ1n) is 9.98. The largest absolute Gasteiger partial charge is 0.383 e. The molecule has 1 aliphatic heterocycles. The number of hydrogen-bond donors (Lipinski definition) is 3. The second kappa shape index (κ2) is 6.74. The lowest BCUT2D eigenvalue weighted by atomic mass is 10.1. The van der Waals surface area contributed by atoms with Gasteiger partial charge in [-0.15, -0.1) is 0 Å². The van der Waals surface area contributed by atoms with Gasteiger partial charge in [0.15, 0.2) is 0 Å². The number of amides is 2. The highest BCUT2D eigenvalue weighted by atomic mass is 16.3. The van der Waals surface area contributed by atoms with E-state index in [1.807, 2.05) is 55.5 Å². The normalized spacial score (nSPS) is 23.6. The number of carbonyl (C=O) groups is 2. The number of hydrogen-bond acceptors (Lipinski definition) is 3. The minimum atomic E-state index is -0.948. The fourth-order valence-corrected chi connectivity index (χ4v) is 4.67. The van der Waals surface area contributed by atoms with Crippen molar-refractivity contribution in [2.75, 3.05) is 6.54 Å². The first-order valence-corrected chi connectivity index (χ1v) is 9.98. The van der Waals surface area contributed by atoms with E-state index in [2.05, 4.69) is 10.3 Å². The molecule has 2 heterocycles. The fourth-order valence-electron chi connectivity index (χ4n) is 4.67. The van der Waals surface area contributed by atoms with Crippen LogP contribution in [0.5, 0.6) is 0 Å². The highest BCUT2D eigenvalue weighted by Gasteiger charge is 2.43. The molecule has 29 heavy (non-hydrogen) atoms. The maximum absolute atomic E-state index is 13.0. The Kier molecular flexibility index (Phi) is 4.17. The molecule has 5 rings (SSSR count). The van der Waals surface area contributed by atoms with Crippen molar-refractivity contribution < 1.29 is 14.7 Å². The van der Waals surface area contributed by atoms with Crippen LogP contribution in [0.25, 0.3) is 10.9 Å². The standard InChI is InChI=1S/C23H23N3O3/c1-13-6-7-17-15(10-13)12-19(24-17)22(28)25-18-11-14-4-2-3-5-16(14)21(18)26-9-8-20(27)23(26)29/h2-7,10,12,18,20-21,24,27H,8-9,11H2,1H3,(H,25,28)/t18-,20+,21-/m1/s1. The predicted octanol–water partition coefficient (Wildman–Crippen LogP) is 2.47. The van der Waals surface area contributed by atoms with Crippen molar-refractivity contribution in [2.45, 2.75) is 38.0 Å². The van der Waals surface area contributed by atoms with Crippen molar-refractivity contribution in [3.63, 3.8) is 0 Å². The zero-order chi connectivity index (χ0) is 20.1. The maximum atomic E-state index is 13.0. The van der Waals surface area contributed by atoms with Crippen molar-refractivity contribution in [1.29, 1.82) is 0 Å². The lowest BCUT2D eigenvalue weighted by Gasteiger charge is -2.30. The number of nitrogens with one attached hydrogen (secondary N) is 2. The average Bonchev–Trinajstić information content (AvgIpc) is 3.37. The number of aromatic nitrogens is 1. The zero-order valence-electron chi connectivity index (χ0n) is 16.2. The Morgan fingerprint density at radius 1 is 1.21 bits per heavy atom. The number of benzene rings is 2. The van der Waals surface area contributed by atoms with Gasteiger partial charge in [-0.25, -0.2) is 0 Å². The molecule has 0 bridgehead atoms. The number of fused-ring (bicyclic) bond motifs is 2. The molecule has 1 fully saturated rings. The molecule has 2 aliphatic rings. The summed E-state index contributed by atoms with van der Waals surface area (Å²) in [4.78, 5) is 30.4. The summed E-state index contributed by atoms with van der Waals surface area (Å²) in [6.45, 7) is 2.52. The second-order valence-electron chi connectivity index (χ2n) is 8.04. The van der Waals surface area contributed by atoms with E-state index in [-0.39, 0.29) is 23.9 Å². The summed E-state index contributed by atoms with van der Waals surface area (Å²) >= 11 is 0. The summed E-state index contributed by atoms with van der Waals surface area (Å²) in [5.41, 5.74) is 4.75. The van der Waals surface area contributed by atoms with Crippen LogP contribution in [0, 0.1) is 6.92 Å². The van der Waals surface area contributed by atoms with E-state index in [0.717, 1.165) is 27.6 Å². The van der Waals surface area contributed by atoms with E-state index < -0.39 is 6.10 Å². The molecule has 2 amide bonds. The Bertz CT molecular complexity index is 1120. The van der Waals surface area contributed by atoms with Gasteiger partial charge in [0.05, 0.1) is 12.1 Å². The summed E-state index contributed by atoms with van der Waals surface area (Å²) in [6.07, 6.45) is 0.141. The molecular formula is C23H23N3O3. The molecule has 6 heteroatoms. The van der Waals surface area contributed by atoms with Crippen molar-refractivity contribution in [1.82, 2.24) is 15.2 Å². The smallest absolute Gasteiger partial charge is 0.268 e. The molecule has 0 spiro atoms. The van der Waals surface area contributed by atoms with Crippen LogP contribution in [0.15, 0.2) is 48.5 Å². The van der Waals surface area contributed by atoms with Gasteiger partial charge >= 0.3 is 0 Å². The number of aliphatic hydroxyl groups is 1. The van der Waals surface area contributed by atoms with Crippen LogP contribution < -0.4 is 5.32 Å². The quantitative estimate of drug-likeness (QED) is 0.643. The summed E-state index contributed by atoms with van der Waals surface area (Å²) in [7, 11) is 0. The molecule has 0 saturated carbocycles. The zero-order valence-corrected chi connectivity index (χ0v) is 16.2. The first-order chi connectivity index (χ1) is 14.0. The Balaban J connectivity index is 1.44. The second-order valence-corrected chi connectivity index (χ2v) is 8.04. The highest BCUT2D eigenvalue weighted by molar-refractivity contribution is 5.98. The van der Waals surface area contributed by atoms with Crippen LogP contribution in [0.1, 0.15) is 39.6 Å². The van der Waals surface area contributed by atoms with Crippen molar-refractivity contribution >= 4 is 22.7 Å². The van der Waals surface area contributed by atoms with E-state index in [0.29, 0.717) is 25.1 Å². The number of likely N-dealkylation sites (tertiary alicyclic amines) is 1. The summed E-state index contributed by atoms with van der Waals surface area (Å²) < 4.78 is 0. The fraction of sp³-hybridized carbons (Fsp3) is 0.304. The molecular weight excluding hydrogens is 366 g/mol. The van der Waals surface area contributed by atoms with Crippen molar-refractivity contribution in [3.05, 3.63) is 70.9 Å². The molecule has 1 aliphatic carbocycles. The number of aryl methyl sites for hydroxylation is 1. The molecule has 3 N–H and O–H groups in total. The van der Waals surface area contributed by atoms with Crippen molar-refractivity contribution in [3.8, 4) is 0 Å². The van der Waals surface area contributed by atoms with Gasteiger partial charge in [-0.1, -0.05) is 35.9 Å². The number of aliphatic hydroxyl groups excluding tert-OH is 1. The number of carbonyl (C=O) groups excluding carboxylic acids is 2.